The summed E-state index contributed by atoms with van der Waals surface area (Å²) in [4.78, 5) is 28.6. The number of fused-ring (bicyclic) bond motifs is 2. The van der Waals surface area contributed by atoms with Gasteiger partial charge in [-0.05, 0) is 38.1 Å². The summed E-state index contributed by atoms with van der Waals surface area (Å²) >= 11 is 0. The molecule has 1 aromatic carbocycles. The first-order valence-electron chi connectivity index (χ1n) is 10.7. The number of benzene rings is 1. The third-order valence-electron chi connectivity index (χ3n) is 5.84. The fourth-order valence-corrected chi connectivity index (χ4v) is 3.92. The van der Waals surface area contributed by atoms with Crippen LogP contribution in [0.2, 0.25) is 0 Å². The lowest BCUT2D eigenvalue weighted by Gasteiger charge is -2.18. The Hall–Kier alpha value is -4.54. The molecule has 0 aliphatic heterocycles. The molecule has 4 aromatic heterocycles. The largest absolute Gasteiger partial charge is 0.508 e. The number of phenols is 1. The van der Waals surface area contributed by atoms with Crippen molar-refractivity contribution in [3.63, 3.8) is 0 Å². The molecule has 4 N–H and O–H groups in total. The Kier molecular flexibility index (Phi) is 5.08. The number of pyridine rings is 1. The van der Waals surface area contributed by atoms with Crippen LogP contribution in [-0.4, -0.2) is 57.9 Å². The molecule has 5 rings (SSSR count). The molecular formula is C23H23N9O2. The number of carbonyl (C=O) groups excluding carboxylic acids is 1. The van der Waals surface area contributed by atoms with Gasteiger partial charge in [-0.15, -0.1) is 0 Å². The lowest BCUT2D eigenvalue weighted by Crippen LogP contribution is -2.27. The van der Waals surface area contributed by atoms with E-state index in [1.807, 2.05) is 18.5 Å². The molecule has 172 valence electrons. The lowest BCUT2D eigenvalue weighted by molar-refractivity contribution is 0.0781. The van der Waals surface area contributed by atoms with Crippen LogP contribution in [0.25, 0.3) is 33.3 Å². The number of aryl methyl sites for hydroxylation is 1. The number of nitrogens with zero attached hydrogens (tertiary/aromatic N) is 7. The summed E-state index contributed by atoms with van der Waals surface area (Å²) in [5, 5.41) is 22.3. The molecule has 0 atom stereocenters. The SMILES string of the molecule is CCn1ncc(CN(C)C(=O)c2nc(-c3cnc4n[nH]c(N)c4c3)nc3ccc(O)cc23)c1C. The van der Waals surface area contributed by atoms with Crippen LogP contribution in [-0.2, 0) is 13.1 Å². The van der Waals surface area contributed by atoms with Crippen LogP contribution < -0.4 is 5.73 Å². The number of hydrogen-bond acceptors (Lipinski definition) is 8. The number of carbonyl (C=O) groups is 1. The van der Waals surface area contributed by atoms with Gasteiger partial charge in [0.25, 0.3) is 5.91 Å². The number of aromatic nitrogens is 7. The minimum atomic E-state index is -0.306. The number of nitrogens with two attached hydrogens (primary N) is 1. The summed E-state index contributed by atoms with van der Waals surface area (Å²) in [7, 11) is 1.71. The van der Waals surface area contributed by atoms with Gasteiger partial charge in [0.05, 0.1) is 17.1 Å². The highest BCUT2D eigenvalue weighted by Crippen LogP contribution is 2.28. The molecule has 1 amide bonds. The molecule has 0 bridgehead atoms. The van der Waals surface area contributed by atoms with E-state index in [4.69, 9.17) is 5.73 Å². The highest BCUT2D eigenvalue weighted by molar-refractivity contribution is 6.05. The summed E-state index contributed by atoms with van der Waals surface area (Å²) in [5.74, 6) is 0.420. The number of rotatable bonds is 5. The summed E-state index contributed by atoms with van der Waals surface area (Å²) in [6.45, 7) is 5.11. The van der Waals surface area contributed by atoms with E-state index in [0.29, 0.717) is 45.7 Å². The predicted octanol–water partition coefficient (Wildman–Crippen LogP) is 2.65. The summed E-state index contributed by atoms with van der Waals surface area (Å²) in [6, 6.07) is 6.45. The maximum Gasteiger partial charge on any atom is 0.273 e. The highest BCUT2D eigenvalue weighted by Gasteiger charge is 2.21. The van der Waals surface area contributed by atoms with E-state index < -0.39 is 0 Å². The molecule has 11 heteroatoms. The zero-order chi connectivity index (χ0) is 24.0. The third kappa shape index (κ3) is 3.56. The quantitative estimate of drug-likeness (QED) is 0.364. The molecule has 0 unspecified atom stereocenters. The Morgan fingerprint density at radius 2 is 2.03 bits per heavy atom. The zero-order valence-corrected chi connectivity index (χ0v) is 18.9. The van der Waals surface area contributed by atoms with E-state index in [0.717, 1.165) is 17.8 Å². The van der Waals surface area contributed by atoms with Crippen molar-refractivity contribution in [2.75, 3.05) is 12.8 Å². The molecule has 4 heterocycles. The van der Waals surface area contributed by atoms with Gasteiger partial charge in [-0.2, -0.15) is 10.2 Å². The topological polar surface area (TPSA) is 152 Å². The number of nitrogen functional groups attached to an aromatic ring is 1. The molecule has 0 fully saturated rings. The van der Waals surface area contributed by atoms with E-state index in [9.17, 15) is 9.90 Å². The van der Waals surface area contributed by atoms with Gasteiger partial charge in [-0.25, -0.2) is 15.0 Å². The van der Waals surface area contributed by atoms with Crippen LogP contribution in [0.3, 0.4) is 0 Å². The fourth-order valence-electron chi connectivity index (χ4n) is 3.92. The van der Waals surface area contributed by atoms with Crippen LogP contribution in [0.15, 0.2) is 36.7 Å². The minimum absolute atomic E-state index is 0.0230. The van der Waals surface area contributed by atoms with Gasteiger partial charge in [-0.3, -0.25) is 14.6 Å². The Balaban J connectivity index is 1.59. The number of hydrogen-bond donors (Lipinski definition) is 3. The van der Waals surface area contributed by atoms with Crippen molar-refractivity contribution >= 4 is 33.7 Å². The molecule has 0 aliphatic rings. The predicted molar refractivity (Wildman–Crippen MR) is 127 cm³/mol. The first-order chi connectivity index (χ1) is 16.4. The molecule has 0 spiro atoms. The van der Waals surface area contributed by atoms with E-state index in [2.05, 4.69) is 30.2 Å². The first kappa shape index (κ1) is 21.3. The van der Waals surface area contributed by atoms with Crippen LogP contribution >= 0.6 is 0 Å². The van der Waals surface area contributed by atoms with E-state index in [1.54, 1.807) is 36.5 Å². The molecule has 0 saturated heterocycles. The second kappa shape index (κ2) is 8.10. The summed E-state index contributed by atoms with van der Waals surface area (Å²) in [6.07, 6.45) is 3.36. The van der Waals surface area contributed by atoms with Crippen molar-refractivity contribution in [2.24, 2.45) is 0 Å². The average molecular weight is 457 g/mol. The van der Waals surface area contributed by atoms with Crippen LogP contribution in [0, 0.1) is 6.92 Å². The van der Waals surface area contributed by atoms with Gasteiger partial charge in [0, 0.05) is 48.5 Å². The van der Waals surface area contributed by atoms with Crippen LogP contribution in [0.1, 0.15) is 28.7 Å². The van der Waals surface area contributed by atoms with Gasteiger partial charge >= 0.3 is 0 Å². The summed E-state index contributed by atoms with van der Waals surface area (Å²) in [5.41, 5.74) is 9.67. The van der Waals surface area contributed by atoms with E-state index in [-0.39, 0.29) is 17.4 Å². The van der Waals surface area contributed by atoms with Crippen molar-refractivity contribution in [1.29, 1.82) is 0 Å². The minimum Gasteiger partial charge on any atom is -0.508 e. The second-order valence-corrected chi connectivity index (χ2v) is 8.06. The Morgan fingerprint density at radius 1 is 1.21 bits per heavy atom. The molecule has 5 aromatic rings. The molecule has 0 aliphatic carbocycles. The van der Waals surface area contributed by atoms with Gasteiger partial charge < -0.3 is 15.7 Å². The van der Waals surface area contributed by atoms with E-state index >= 15 is 0 Å². The monoisotopic (exact) mass is 457 g/mol. The third-order valence-corrected chi connectivity index (χ3v) is 5.84. The number of aromatic amines is 1. The fraction of sp³-hybridized carbons (Fsp3) is 0.217. The maximum atomic E-state index is 13.5. The Bertz CT molecular complexity index is 1550. The average Bonchev–Trinajstić information content (AvgIpc) is 3.39. The number of nitrogens with one attached hydrogen (secondary N) is 1. The summed E-state index contributed by atoms with van der Waals surface area (Å²) < 4.78 is 1.88. The standard InChI is InChI=1S/C23H23N9O2/c1-4-32-12(2)14(10-26-32)11-31(3)23(34)19-16-8-15(33)5-6-18(16)27-21(28-19)13-7-17-20(24)29-30-22(17)25-9-13/h5-10,33H,4,11H2,1-3H3,(H3,24,25,29,30). The normalized spacial score (nSPS) is 11.4. The van der Waals surface area contributed by atoms with Crippen molar-refractivity contribution in [2.45, 2.75) is 26.9 Å². The maximum absolute atomic E-state index is 13.5. The second-order valence-electron chi connectivity index (χ2n) is 8.06. The van der Waals surface area contributed by atoms with Crippen molar-refractivity contribution in [1.82, 2.24) is 39.8 Å². The van der Waals surface area contributed by atoms with Crippen LogP contribution in [0.4, 0.5) is 5.82 Å². The van der Waals surface area contributed by atoms with Crippen LogP contribution in [0.5, 0.6) is 5.75 Å². The Labute approximate surface area is 194 Å². The van der Waals surface area contributed by atoms with Gasteiger partial charge in [-0.1, -0.05) is 0 Å². The van der Waals surface area contributed by atoms with Gasteiger partial charge in [0.2, 0.25) is 0 Å². The molecule has 0 radical (unpaired) electrons. The molecule has 34 heavy (non-hydrogen) atoms. The van der Waals surface area contributed by atoms with Crippen molar-refractivity contribution in [3.8, 4) is 17.1 Å². The first-order valence-corrected chi connectivity index (χ1v) is 10.7. The van der Waals surface area contributed by atoms with Gasteiger partial charge in [0.1, 0.15) is 17.3 Å². The number of anilines is 1. The molecule has 11 nitrogen and oxygen atoms in total. The Morgan fingerprint density at radius 3 is 2.79 bits per heavy atom. The molecular weight excluding hydrogens is 434 g/mol. The van der Waals surface area contributed by atoms with Crippen molar-refractivity contribution < 1.29 is 9.90 Å². The number of aromatic hydroxyl groups is 1. The van der Waals surface area contributed by atoms with Gasteiger partial charge in [0.15, 0.2) is 11.5 Å². The highest BCUT2D eigenvalue weighted by atomic mass is 16.3. The number of amides is 1. The number of phenolic OH excluding ortho intramolecular Hbond substituents is 1. The number of H-pyrrole nitrogens is 1. The zero-order valence-electron chi connectivity index (χ0n) is 18.9. The van der Waals surface area contributed by atoms with Crippen molar-refractivity contribution in [3.05, 3.63) is 53.6 Å². The smallest absolute Gasteiger partial charge is 0.273 e. The molecule has 0 saturated carbocycles. The lowest BCUT2D eigenvalue weighted by atomic mass is 10.1. The van der Waals surface area contributed by atoms with E-state index in [1.165, 1.54) is 12.1 Å².